The Bertz CT molecular complexity index is 451. The van der Waals surface area contributed by atoms with Crippen molar-refractivity contribution in [1.82, 2.24) is 10.2 Å². The molecule has 1 atom stereocenters. The third-order valence-electron chi connectivity index (χ3n) is 2.98. The molecule has 5 nitrogen and oxygen atoms in total. The Balaban J connectivity index is 2.07. The van der Waals surface area contributed by atoms with E-state index in [0.717, 1.165) is 6.42 Å². The molecule has 0 bridgehead atoms. The fraction of sp³-hybridized carbons (Fsp3) is 0.500. The van der Waals surface area contributed by atoms with E-state index in [1.54, 1.807) is 0 Å². The fourth-order valence-corrected chi connectivity index (χ4v) is 1.85. The Hall–Kier alpha value is -1.43. The minimum atomic E-state index is -0.00764. The molecule has 1 fully saturated rings. The minimum absolute atomic E-state index is 0.00764. The quantitative estimate of drug-likeness (QED) is 0.687. The van der Waals surface area contributed by atoms with Crippen LogP contribution in [0.3, 0.4) is 0 Å². The van der Waals surface area contributed by atoms with Crippen LogP contribution in [-0.4, -0.2) is 21.1 Å². The number of carbonyl (C=O) groups is 1. The zero-order valence-electron chi connectivity index (χ0n) is 9.20. The van der Waals surface area contributed by atoms with Gasteiger partial charge in [-0.25, -0.2) is 0 Å². The van der Waals surface area contributed by atoms with Crippen molar-refractivity contribution in [2.24, 2.45) is 17.1 Å². The van der Waals surface area contributed by atoms with Gasteiger partial charge in [0.2, 0.25) is 5.91 Å². The van der Waals surface area contributed by atoms with Crippen LogP contribution in [-0.2, 0) is 4.79 Å². The molecule has 1 amide bonds. The first-order valence-corrected chi connectivity index (χ1v) is 5.46. The third kappa shape index (κ3) is 1.92. The molecule has 6 heteroatoms. The van der Waals surface area contributed by atoms with Gasteiger partial charge in [-0.05, 0) is 11.8 Å². The van der Waals surface area contributed by atoms with Gasteiger partial charge < -0.3 is 11.1 Å². The van der Waals surface area contributed by atoms with Gasteiger partial charge in [-0.1, -0.05) is 26.1 Å². The smallest absolute Gasteiger partial charge is 0.229 e. The molecule has 4 N–H and O–H groups in total. The molecule has 0 spiro atoms. The number of hydrogen-bond donors (Lipinski definition) is 3. The summed E-state index contributed by atoms with van der Waals surface area (Å²) >= 11 is 4.85. The standard InChI is InChI=1S/C10H14N4OS/c1-10(2)3-6(10)9(15)13-8-5(7(11)16)4-12-14-8/h4,6H,3H2,1-2H3,(H2,11,16)(H2,12,13,14,15). The van der Waals surface area contributed by atoms with Crippen LogP contribution in [0.25, 0.3) is 0 Å². The third-order valence-corrected chi connectivity index (χ3v) is 3.20. The van der Waals surface area contributed by atoms with E-state index in [1.807, 2.05) is 0 Å². The molecule has 0 aliphatic heterocycles. The first kappa shape index (κ1) is 11.1. The topological polar surface area (TPSA) is 83.8 Å². The number of nitrogens with one attached hydrogen (secondary N) is 2. The van der Waals surface area contributed by atoms with Crippen molar-refractivity contribution in [2.45, 2.75) is 20.3 Å². The molecule has 0 saturated heterocycles. The number of carbonyl (C=O) groups excluding carboxylic acids is 1. The van der Waals surface area contributed by atoms with Gasteiger partial charge in [0.15, 0.2) is 0 Å². The predicted octanol–water partition coefficient (Wildman–Crippen LogP) is 1.03. The average molecular weight is 238 g/mol. The van der Waals surface area contributed by atoms with Crippen LogP contribution >= 0.6 is 12.2 Å². The van der Waals surface area contributed by atoms with Gasteiger partial charge in [0.25, 0.3) is 0 Å². The molecular weight excluding hydrogens is 224 g/mol. The van der Waals surface area contributed by atoms with Crippen LogP contribution in [0.4, 0.5) is 5.82 Å². The Morgan fingerprint density at radius 2 is 2.38 bits per heavy atom. The lowest BCUT2D eigenvalue weighted by Gasteiger charge is -2.05. The summed E-state index contributed by atoms with van der Waals surface area (Å²) in [5.74, 6) is 0.543. The van der Waals surface area contributed by atoms with Crippen LogP contribution in [0.2, 0.25) is 0 Å². The number of aromatic amines is 1. The van der Waals surface area contributed by atoms with Gasteiger partial charge >= 0.3 is 0 Å². The first-order chi connectivity index (χ1) is 7.42. The second-order valence-electron chi connectivity index (χ2n) is 4.76. The summed E-state index contributed by atoms with van der Waals surface area (Å²) in [5, 5.41) is 9.25. The number of thiocarbonyl (C=S) groups is 1. The largest absolute Gasteiger partial charge is 0.389 e. The van der Waals surface area contributed by atoms with Gasteiger partial charge in [-0.15, -0.1) is 0 Å². The van der Waals surface area contributed by atoms with Crippen molar-refractivity contribution in [2.75, 3.05) is 5.32 Å². The summed E-state index contributed by atoms with van der Waals surface area (Å²) in [5.41, 5.74) is 6.18. The molecule has 1 aliphatic rings. The number of nitrogens with two attached hydrogens (primary N) is 1. The van der Waals surface area contributed by atoms with Gasteiger partial charge in [0.1, 0.15) is 10.8 Å². The SMILES string of the molecule is CC1(C)CC1C(=O)Nc1[nH]ncc1C(N)=S. The highest BCUT2D eigenvalue weighted by Crippen LogP contribution is 2.51. The second-order valence-corrected chi connectivity index (χ2v) is 5.20. The second kappa shape index (κ2) is 3.55. The Morgan fingerprint density at radius 3 is 2.88 bits per heavy atom. The summed E-state index contributed by atoms with van der Waals surface area (Å²) in [6, 6.07) is 0. The van der Waals surface area contributed by atoms with Crippen molar-refractivity contribution in [3.05, 3.63) is 11.8 Å². The van der Waals surface area contributed by atoms with E-state index in [-0.39, 0.29) is 22.2 Å². The highest BCUT2D eigenvalue weighted by atomic mass is 32.1. The highest BCUT2D eigenvalue weighted by Gasteiger charge is 2.50. The van der Waals surface area contributed by atoms with Crippen LogP contribution in [0.15, 0.2) is 6.20 Å². The molecule has 1 aromatic heterocycles. The van der Waals surface area contributed by atoms with Crippen molar-refractivity contribution in [3.63, 3.8) is 0 Å². The van der Waals surface area contributed by atoms with E-state index in [9.17, 15) is 4.79 Å². The molecule has 1 aliphatic carbocycles. The summed E-state index contributed by atoms with van der Waals surface area (Å²) in [4.78, 5) is 12.0. The summed E-state index contributed by atoms with van der Waals surface area (Å²) < 4.78 is 0. The number of hydrogen-bond acceptors (Lipinski definition) is 3. The Kier molecular flexibility index (Phi) is 2.46. The molecule has 2 rings (SSSR count). The van der Waals surface area contributed by atoms with Crippen LogP contribution in [0.1, 0.15) is 25.8 Å². The van der Waals surface area contributed by atoms with Crippen molar-refractivity contribution in [3.8, 4) is 0 Å². The van der Waals surface area contributed by atoms with Crippen molar-refractivity contribution >= 4 is 28.9 Å². The maximum absolute atomic E-state index is 11.8. The average Bonchev–Trinajstić information content (AvgIpc) is 2.61. The molecule has 1 aromatic rings. The molecule has 1 heterocycles. The summed E-state index contributed by atoms with van der Waals surface area (Å²) in [6.07, 6.45) is 2.42. The van der Waals surface area contributed by atoms with Gasteiger partial charge in [-0.2, -0.15) is 5.10 Å². The maximum Gasteiger partial charge on any atom is 0.229 e. The van der Waals surface area contributed by atoms with Crippen molar-refractivity contribution < 1.29 is 4.79 Å². The Morgan fingerprint density at radius 1 is 1.75 bits per heavy atom. The lowest BCUT2D eigenvalue weighted by atomic mass is 10.1. The number of H-pyrrole nitrogens is 1. The van der Waals surface area contributed by atoms with E-state index in [2.05, 4.69) is 29.4 Å². The van der Waals surface area contributed by atoms with Crippen LogP contribution in [0, 0.1) is 11.3 Å². The normalized spacial score (nSPS) is 21.5. The molecule has 16 heavy (non-hydrogen) atoms. The lowest BCUT2D eigenvalue weighted by molar-refractivity contribution is -0.118. The molecule has 0 aromatic carbocycles. The minimum Gasteiger partial charge on any atom is -0.389 e. The molecule has 0 radical (unpaired) electrons. The van der Waals surface area contributed by atoms with Gasteiger partial charge in [-0.3, -0.25) is 9.89 Å². The molecule has 1 saturated carbocycles. The zero-order chi connectivity index (χ0) is 11.9. The van der Waals surface area contributed by atoms with E-state index in [0.29, 0.717) is 11.4 Å². The zero-order valence-corrected chi connectivity index (χ0v) is 10.0. The van der Waals surface area contributed by atoms with Gasteiger partial charge in [0, 0.05) is 5.92 Å². The number of anilines is 1. The van der Waals surface area contributed by atoms with Gasteiger partial charge in [0.05, 0.1) is 11.8 Å². The lowest BCUT2D eigenvalue weighted by Crippen LogP contribution is -2.19. The fourth-order valence-electron chi connectivity index (χ4n) is 1.69. The Labute approximate surface area is 98.8 Å². The summed E-state index contributed by atoms with van der Waals surface area (Å²) in [7, 11) is 0. The van der Waals surface area contributed by atoms with Crippen molar-refractivity contribution in [1.29, 1.82) is 0 Å². The van der Waals surface area contributed by atoms with E-state index in [1.165, 1.54) is 6.20 Å². The van der Waals surface area contributed by atoms with Crippen LogP contribution < -0.4 is 11.1 Å². The first-order valence-electron chi connectivity index (χ1n) is 5.06. The number of nitrogens with zero attached hydrogens (tertiary/aromatic N) is 1. The monoisotopic (exact) mass is 238 g/mol. The maximum atomic E-state index is 11.8. The molecule has 86 valence electrons. The number of amides is 1. The summed E-state index contributed by atoms with van der Waals surface area (Å²) in [6.45, 7) is 4.14. The van der Waals surface area contributed by atoms with E-state index >= 15 is 0 Å². The number of rotatable bonds is 3. The van der Waals surface area contributed by atoms with E-state index < -0.39 is 0 Å². The number of aromatic nitrogens is 2. The molecular formula is C10H14N4OS. The van der Waals surface area contributed by atoms with E-state index in [4.69, 9.17) is 18.0 Å². The van der Waals surface area contributed by atoms with Crippen LogP contribution in [0.5, 0.6) is 0 Å². The highest BCUT2D eigenvalue weighted by molar-refractivity contribution is 7.80. The predicted molar refractivity (Wildman–Crippen MR) is 65.0 cm³/mol. The molecule has 1 unspecified atom stereocenters.